The van der Waals surface area contributed by atoms with Crippen molar-refractivity contribution >= 4 is 9.84 Å². The van der Waals surface area contributed by atoms with Gasteiger partial charge >= 0.3 is 0 Å². The fourth-order valence-electron chi connectivity index (χ4n) is 2.62. The smallest absolute Gasteiger partial charge is 0.179 e. The first-order valence-corrected chi connectivity index (χ1v) is 9.60. The molecule has 0 unspecified atom stereocenters. The highest BCUT2D eigenvalue weighted by Crippen LogP contribution is 2.38. The molecule has 128 valence electrons. The molecule has 0 spiro atoms. The summed E-state index contributed by atoms with van der Waals surface area (Å²) in [5.41, 5.74) is 1.56. The Kier molecular flexibility index (Phi) is 5.68. The van der Waals surface area contributed by atoms with E-state index >= 15 is 0 Å². The first-order chi connectivity index (χ1) is 10.9. The minimum atomic E-state index is -3.61. The van der Waals surface area contributed by atoms with Gasteiger partial charge in [-0.1, -0.05) is 6.07 Å². The van der Waals surface area contributed by atoms with Crippen LogP contribution in [0.25, 0.3) is 0 Å². The molecule has 0 bridgehead atoms. The molecule has 0 N–H and O–H groups in total. The largest absolute Gasteiger partial charge is 0.502 e. The Morgan fingerprint density at radius 1 is 1.39 bits per heavy atom. The summed E-state index contributed by atoms with van der Waals surface area (Å²) in [6, 6.07) is 2.76. The van der Waals surface area contributed by atoms with Crippen LogP contribution in [0.15, 0.2) is 28.9 Å². The van der Waals surface area contributed by atoms with Crippen molar-refractivity contribution in [3.8, 4) is 5.75 Å². The highest BCUT2D eigenvalue weighted by Gasteiger charge is 2.26. The zero-order chi connectivity index (χ0) is 17.0. The summed E-state index contributed by atoms with van der Waals surface area (Å²) >= 11 is 0. The molecule has 1 aliphatic carbocycles. The average molecular weight is 342 g/mol. The maximum Gasteiger partial charge on any atom is 0.179 e. The minimum Gasteiger partial charge on any atom is -0.502 e. The van der Waals surface area contributed by atoms with Crippen molar-refractivity contribution in [3.63, 3.8) is 0 Å². The lowest BCUT2D eigenvalue weighted by Gasteiger charge is -2.15. The Bertz CT molecular complexity index is 691. The molecule has 1 saturated carbocycles. The predicted octanol–water partition coefficient (Wildman–Crippen LogP) is 3.50. The number of halogens is 1. The van der Waals surface area contributed by atoms with Gasteiger partial charge in [0.1, 0.15) is 4.90 Å². The number of hydrogen-bond donors (Lipinski definition) is 0. The van der Waals surface area contributed by atoms with Crippen LogP contribution in [0.5, 0.6) is 5.75 Å². The monoisotopic (exact) mass is 342 g/mol. The Hall–Kier alpha value is -1.56. The van der Waals surface area contributed by atoms with Crippen LogP contribution >= 0.6 is 0 Å². The molecule has 1 aromatic carbocycles. The van der Waals surface area contributed by atoms with E-state index in [4.69, 9.17) is 9.47 Å². The number of sulfone groups is 1. The molecular weight excluding hydrogens is 319 g/mol. The molecule has 1 aliphatic rings. The Labute approximate surface area is 137 Å². The highest BCUT2D eigenvalue weighted by atomic mass is 32.2. The molecule has 1 aromatic rings. The zero-order valence-corrected chi connectivity index (χ0v) is 14.6. The van der Waals surface area contributed by atoms with Gasteiger partial charge in [0, 0.05) is 6.26 Å². The van der Waals surface area contributed by atoms with Crippen molar-refractivity contribution in [2.45, 2.75) is 37.5 Å². The summed E-state index contributed by atoms with van der Waals surface area (Å²) in [4.78, 5) is -0.0711. The lowest BCUT2D eigenvalue weighted by molar-refractivity contribution is 0.264. The molecule has 6 heteroatoms. The van der Waals surface area contributed by atoms with Crippen LogP contribution in [0.4, 0.5) is 4.39 Å². The van der Waals surface area contributed by atoms with E-state index in [0.717, 1.165) is 18.2 Å². The van der Waals surface area contributed by atoms with Gasteiger partial charge in [0.05, 0.1) is 20.0 Å². The lowest BCUT2D eigenvalue weighted by Crippen LogP contribution is -2.08. The molecule has 0 aromatic heterocycles. The maximum absolute atomic E-state index is 13.9. The third-order valence-electron chi connectivity index (χ3n) is 3.80. The lowest BCUT2D eigenvalue weighted by atomic mass is 10.0. The fourth-order valence-corrected chi connectivity index (χ4v) is 3.75. The molecule has 0 radical (unpaired) electrons. The molecule has 0 atom stereocenters. The van der Waals surface area contributed by atoms with Gasteiger partial charge in [-0.3, -0.25) is 0 Å². The Balaban J connectivity index is 2.40. The van der Waals surface area contributed by atoms with Crippen molar-refractivity contribution in [3.05, 3.63) is 35.3 Å². The van der Waals surface area contributed by atoms with Crippen molar-refractivity contribution < 1.29 is 22.3 Å². The molecule has 2 rings (SSSR count). The van der Waals surface area contributed by atoms with Crippen molar-refractivity contribution in [1.29, 1.82) is 0 Å². The van der Waals surface area contributed by atoms with Crippen LogP contribution in [0.2, 0.25) is 0 Å². The van der Waals surface area contributed by atoms with Gasteiger partial charge in [-0.05, 0) is 55.7 Å². The molecule has 0 saturated heterocycles. The average Bonchev–Trinajstić information content (AvgIpc) is 3.28. The number of ether oxygens (including phenoxy) is 2. The predicted molar refractivity (Wildman–Crippen MR) is 86.8 cm³/mol. The first kappa shape index (κ1) is 17.8. The molecule has 1 fully saturated rings. The summed E-state index contributed by atoms with van der Waals surface area (Å²) in [7, 11) is -2.33. The number of benzene rings is 1. The molecule has 0 amide bonds. The molecule has 0 heterocycles. The Morgan fingerprint density at radius 2 is 2.09 bits per heavy atom. The standard InChI is InChI=1S/C17H23FO4S/c1-4-22-11-13(9-12-5-6-12)10-14-7-8-15(18)16(21-2)17(14)23(3,19)20/h7-8,11-12H,4-6,9-10H2,1-3H3. The SMILES string of the molecule is CCOC=C(Cc1ccc(F)c(OC)c1S(C)(=O)=O)CC1CC1. The summed E-state index contributed by atoms with van der Waals surface area (Å²) in [6.07, 6.45) is 6.45. The quantitative estimate of drug-likeness (QED) is 0.679. The van der Waals surface area contributed by atoms with Gasteiger partial charge < -0.3 is 9.47 Å². The number of rotatable bonds is 8. The van der Waals surface area contributed by atoms with Gasteiger partial charge in [-0.15, -0.1) is 0 Å². The van der Waals surface area contributed by atoms with E-state index in [1.807, 2.05) is 6.92 Å². The van der Waals surface area contributed by atoms with Crippen LogP contribution in [-0.2, 0) is 21.0 Å². The highest BCUT2D eigenvalue weighted by molar-refractivity contribution is 7.90. The number of allylic oxidation sites excluding steroid dienone is 1. The van der Waals surface area contributed by atoms with Gasteiger partial charge in [0.15, 0.2) is 21.4 Å². The van der Waals surface area contributed by atoms with E-state index in [-0.39, 0.29) is 10.6 Å². The van der Waals surface area contributed by atoms with Crippen LogP contribution < -0.4 is 4.74 Å². The number of hydrogen-bond acceptors (Lipinski definition) is 4. The van der Waals surface area contributed by atoms with Gasteiger partial charge in [-0.25, -0.2) is 12.8 Å². The van der Waals surface area contributed by atoms with E-state index in [1.165, 1.54) is 32.1 Å². The van der Waals surface area contributed by atoms with Crippen LogP contribution in [-0.4, -0.2) is 28.4 Å². The topological polar surface area (TPSA) is 52.6 Å². The summed E-state index contributed by atoms with van der Waals surface area (Å²) in [5.74, 6) is -0.243. The van der Waals surface area contributed by atoms with Crippen LogP contribution in [0.1, 0.15) is 31.7 Å². The number of methoxy groups -OCH3 is 1. The van der Waals surface area contributed by atoms with Gasteiger partial charge in [0.25, 0.3) is 0 Å². The second-order valence-electron chi connectivity index (χ2n) is 5.90. The summed E-state index contributed by atoms with van der Waals surface area (Å²) < 4.78 is 48.5. The third-order valence-corrected chi connectivity index (χ3v) is 4.99. The van der Waals surface area contributed by atoms with Crippen LogP contribution in [0, 0.1) is 11.7 Å². The second-order valence-corrected chi connectivity index (χ2v) is 7.85. The molecule has 0 aliphatic heterocycles. The van der Waals surface area contributed by atoms with E-state index in [9.17, 15) is 12.8 Å². The minimum absolute atomic E-state index is 0.0711. The van der Waals surface area contributed by atoms with Crippen molar-refractivity contribution in [1.82, 2.24) is 0 Å². The van der Waals surface area contributed by atoms with E-state index in [0.29, 0.717) is 24.5 Å². The van der Waals surface area contributed by atoms with Gasteiger partial charge in [0.2, 0.25) is 0 Å². The molecular formula is C17H23FO4S. The van der Waals surface area contributed by atoms with E-state index in [2.05, 4.69) is 0 Å². The molecule has 23 heavy (non-hydrogen) atoms. The van der Waals surface area contributed by atoms with Crippen molar-refractivity contribution in [2.75, 3.05) is 20.0 Å². The third kappa shape index (κ3) is 4.70. The normalized spacial score (nSPS) is 15.6. The van der Waals surface area contributed by atoms with E-state index < -0.39 is 15.7 Å². The maximum atomic E-state index is 13.9. The summed E-state index contributed by atoms with van der Waals surface area (Å²) in [6.45, 7) is 2.45. The summed E-state index contributed by atoms with van der Waals surface area (Å²) in [5, 5.41) is 0. The second kappa shape index (κ2) is 7.34. The molecule has 4 nitrogen and oxygen atoms in total. The zero-order valence-electron chi connectivity index (χ0n) is 13.8. The van der Waals surface area contributed by atoms with Crippen molar-refractivity contribution in [2.24, 2.45) is 5.92 Å². The van der Waals surface area contributed by atoms with Crippen LogP contribution in [0.3, 0.4) is 0 Å². The first-order valence-electron chi connectivity index (χ1n) is 7.71. The van der Waals surface area contributed by atoms with Gasteiger partial charge in [-0.2, -0.15) is 0 Å². The van der Waals surface area contributed by atoms with E-state index in [1.54, 1.807) is 6.26 Å². The Morgan fingerprint density at radius 3 is 2.61 bits per heavy atom. The fraction of sp³-hybridized carbons (Fsp3) is 0.529.